The van der Waals surface area contributed by atoms with Gasteiger partial charge in [-0.2, -0.15) is 0 Å². The Balaban J connectivity index is 0.000000267. The highest BCUT2D eigenvalue weighted by atomic mass is 33.1. The number of nitrogens with one attached hydrogen (secondary N) is 1. The number of amides is 3. The van der Waals surface area contributed by atoms with E-state index in [1.165, 1.54) is 21.6 Å². The standard InChI is InChI=1S/C32H45N7O7S2.C13H14N2OS.C9H17NO2/c1-32(2,47-48(4,42)43)23-45-31(41)36(3)30-27(21-26(33-34-30)25-7-5-6-8-28(25)40)39-16-14-38(15-17-39)22-24-9-12-37(13-10-24)18-20-44-29-11-19-46-35-29;1-9(14-7-16)11-3-5-12(6-4-11)13-10(2)15-8-17-13;1-7(2)5-9(12)10-4-3-8(11)6-10/h5-8,11,19,21,24,40H,9-10,12-18,20,22-23H2,1-4H3;3-9H,1-2H3,(H,14,16);7-8,11H,3-6H2,1-2H3/t;9-;/m.0./s1. The van der Waals surface area contributed by atoms with Gasteiger partial charge in [0.1, 0.15) is 25.2 Å². The minimum atomic E-state index is -3.34. The molecule has 5 aromatic rings. The van der Waals surface area contributed by atoms with Crippen LogP contribution >= 0.6 is 22.1 Å². The molecule has 0 saturated carbocycles. The van der Waals surface area contributed by atoms with E-state index < -0.39 is 19.7 Å². The van der Waals surface area contributed by atoms with Crippen molar-refractivity contribution in [1.82, 2.24) is 40.4 Å². The highest BCUT2D eigenvalue weighted by molar-refractivity contribution is 8.72. The topological polar surface area (TPSA) is 237 Å². The average Bonchev–Trinajstić information content (AvgIpc) is 4.20. The average molecular weight is 1120 g/mol. The molecule has 0 spiro atoms. The van der Waals surface area contributed by atoms with Crippen molar-refractivity contribution < 1.29 is 47.0 Å². The summed E-state index contributed by atoms with van der Waals surface area (Å²) in [5, 5.41) is 35.0. The van der Waals surface area contributed by atoms with E-state index in [-0.39, 0.29) is 30.4 Å². The molecule has 3 amide bonds. The molecule has 1 unspecified atom stereocenters. The summed E-state index contributed by atoms with van der Waals surface area (Å²) in [5.74, 6) is 2.14. The van der Waals surface area contributed by atoms with Crippen LogP contribution in [0.2, 0.25) is 0 Å². The van der Waals surface area contributed by atoms with E-state index in [2.05, 4.69) is 52.5 Å². The maximum absolute atomic E-state index is 13.2. The van der Waals surface area contributed by atoms with Gasteiger partial charge >= 0.3 is 6.09 Å². The number of phenols is 1. The van der Waals surface area contributed by atoms with E-state index in [1.807, 2.05) is 57.5 Å². The molecule has 3 fully saturated rings. The number of ether oxygens (including phenoxy) is 2. The maximum atomic E-state index is 13.2. The van der Waals surface area contributed by atoms with E-state index in [1.54, 1.807) is 61.4 Å². The molecule has 2 aromatic carbocycles. The fourth-order valence-corrected chi connectivity index (χ4v) is 13.5. The lowest BCUT2D eigenvalue weighted by atomic mass is 9.96. The molecule has 0 aliphatic carbocycles. The van der Waals surface area contributed by atoms with E-state index in [9.17, 15) is 33.0 Å². The number of hydrogen-bond donors (Lipinski definition) is 3. The smallest absolute Gasteiger partial charge is 0.415 e. The largest absolute Gasteiger partial charge is 0.507 e. The van der Waals surface area contributed by atoms with Crippen molar-refractivity contribution in [2.24, 2.45) is 11.8 Å². The SMILES string of the molecule is CC(C)CC(=O)N1CCC(O)C1.CN(C(=O)OCC(C)(C)SS(C)(=O)=O)c1nnc(-c2ccccc2O)cc1N1CCN(CC2CCN(CCOc3ccon3)CC2)CC1.Cc1ncsc1-c1ccc([C@H](C)NC=O)cc1. The number of benzene rings is 2. The highest BCUT2D eigenvalue weighted by Crippen LogP contribution is 2.36. The summed E-state index contributed by atoms with van der Waals surface area (Å²) in [6, 6.07) is 18.8. The number of piperidine rings is 1. The Labute approximate surface area is 460 Å². The number of aromatic nitrogens is 4. The van der Waals surface area contributed by atoms with Gasteiger partial charge in [-0.15, -0.1) is 21.5 Å². The number of anilines is 2. The molecule has 0 bridgehead atoms. The van der Waals surface area contributed by atoms with Crippen LogP contribution in [0.15, 0.2) is 77.0 Å². The monoisotopic (exact) mass is 1120 g/mol. The van der Waals surface area contributed by atoms with Crippen LogP contribution in [0, 0.1) is 18.8 Å². The minimum absolute atomic E-state index is 0.0455. The number of hydrogen-bond acceptors (Lipinski definition) is 19. The molecule has 77 heavy (non-hydrogen) atoms. The van der Waals surface area contributed by atoms with Crippen molar-refractivity contribution in [3.05, 3.63) is 83.7 Å². The lowest BCUT2D eigenvalue weighted by Gasteiger charge is -2.40. The van der Waals surface area contributed by atoms with Crippen LogP contribution < -0.4 is 19.9 Å². The molecule has 2 atom stereocenters. The molecular formula is C54H76N10O10S3. The van der Waals surface area contributed by atoms with Crippen molar-refractivity contribution in [1.29, 1.82) is 0 Å². The molecule has 3 aliphatic heterocycles. The summed E-state index contributed by atoms with van der Waals surface area (Å²) >= 11 is 1.64. The molecule has 23 heteroatoms. The van der Waals surface area contributed by atoms with Crippen molar-refractivity contribution in [3.8, 4) is 33.3 Å². The van der Waals surface area contributed by atoms with Crippen LogP contribution in [0.1, 0.15) is 77.6 Å². The number of aryl methyl sites for hydroxylation is 1. The number of thiazole rings is 1. The number of aromatic hydroxyl groups is 1. The van der Waals surface area contributed by atoms with Crippen LogP contribution in [-0.4, -0.2) is 175 Å². The molecule has 420 valence electrons. The summed E-state index contributed by atoms with van der Waals surface area (Å²) < 4.78 is 38.8. The predicted octanol–water partition coefficient (Wildman–Crippen LogP) is 7.35. The number of carbonyl (C=O) groups excluding carboxylic acids is 3. The Morgan fingerprint density at radius 2 is 1.70 bits per heavy atom. The number of aliphatic hydroxyl groups is 1. The second kappa shape index (κ2) is 28.7. The minimum Gasteiger partial charge on any atom is -0.507 e. The van der Waals surface area contributed by atoms with Gasteiger partial charge in [-0.25, -0.2) is 18.2 Å². The van der Waals surface area contributed by atoms with Crippen LogP contribution in [0.4, 0.5) is 16.3 Å². The third kappa shape index (κ3) is 18.9. The van der Waals surface area contributed by atoms with Crippen molar-refractivity contribution in [2.45, 2.75) is 84.1 Å². The molecule has 20 nitrogen and oxygen atoms in total. The predicted molar refractivity (Wildman–Crippen MR) is 302 cm³/mol. The summed E-state index contributed by atoms with van der Waals surface area (Å²) in [4.78, 5) is 50.6. The van der Waals surface area contributed by atoms with Gasteiger partial charge in [0.25, 0.3) is 5.88 Å². The van der Waals surface area contributed by atoms with E-state index in [0.717, 1.165) is 113 Å². The van der Waals surface area contributed by atoms with Gasteiger partial charge < -0.3 is 39.3 Å². The lowest BCUT2D eigenvalue weighted by molar-refractivity contribution is -0.131. The fraction of sp³-hybridized carbons (Fsp3) is 0.537. The van der Waals surface area contributed by atoms with E-state index >= 15 is 0 Å². The number of aliphatic hydroxyl groups excluding tert-OH is 1. The Hall–Kier alpha value is -5.85. The van der Waals surface area contributed by atoms with E-state index in [4.69, 9.17) is 14.0 Å². The van der Waals surface area contributed by atoms with Crippen LogP contribution in [0.5, 0.6) is 11.6 Å². The van der Waals surface area contributed by atoms with Gasteiger partial charge in [0.15, 0.2) is 14.7 Å². The number of rotatable bonds is 19. The molecule has 3 N–H and O–H groups in total. The van der Waals surface area contributed by atoms with Gasteiger partial charge in [0.05, 0.1) is 44.4 Å². The molecule has 3 aromatic heterocycles. The Morgan fingerprint density at radius 1 is 0.987 bits per heavy atom. The Morgan fingerprint density at radius 3 is 2.30 bits per heavy atom. The summed E-state index contributed by atoms with van der Waals surface area (Å²) in [7, 11) is -1.02. The summed E-state index contributed by atoms with van der Waals surface area (Å²) in [6.07, 6.45) is 6.02. The number of carbonyl (C=O) groups is 3. The van der Waals surface area contributed by atoms with Crippen molar-refractivity contribution in [2.75, 3.05) is 102 Å². The first kappa shape index (κ1) is 60.4. The quantitative estimate of drug-likeness (QED) is 0.0541. The first-order valence-electron chi connectivity index (χ1n) is 26.0. The van der Waals surface area contributed by atoms with Crippen LogP contribution in [-0.2, 0) is 23.2 Å². The third-order valence-corrected chi connectivity index (χ3v) is 17.4. The Kier molecular flexibility index (Phi) is 22.5. The van der Waals surface area contributed by atoms with Gasteiger partial charge in [-0.3, -0.25) is 24.3 Å². The number of β-amino-alcohol motifs (C(OH)–C–C–N with tert-alkyl or cyclic N) is 1. The number of nitrogens with zero attached hydrogens (tertiary/aromatic N) is 9. The van der Waals surface area contributed by atoms with Crippen LogP contribution in [0.25, 0.3) is 21.7 Å². The van der Waals surface area contributed by atoms with E-state index in [0.29, 0.717) is 60.1 Å². The molecule has 3 aliphatic rings. The second-order valence-corrected chi connectivity index (χ2v) is 26.5. The normalized spacial score (nSPS) is 16.9. The van der Waals surface area contributed by atoms with Crippen molar-refractivity contribution >= 4 is 60.9 Å². The third-order valence-electron chi connectivity index (χ3n) is 13.3. The molecule has 0 radical (unpaired) electrons. The second-order valence-electron chi connectivity index (χ2n) is 20.7. The number of piperazine rings is 1. The molecular weight excluding hydrogens is 1040 g/mol. The first-order valence-corrected chi connectivity index (χ1v) is 30.1. The van der Waals surface area contributed by atoms with Crippen LogP contribution in [0.3, 0.4) is 0 Å². The van der Waals surface area contributed by atoms with Gasteiger partial charge in [-0.05, 0) is 117 Å². The maximum Gasteiger partial charge on any atom is 0.415 e. The lowest BCUT2D eigenvalue weighted by Crippen LogP contribution is -2.49. The zero-order valence-corrected chi connectivity index (χ0v) is 48.0. The number of likely N-dealkylation sites (tertiary alicyclic amines) is 2. The van der Waals surface area contributed by atoms with Crippen molar-refractivity contribution in [3.63, 3.8) is 0 Å². The molecule has 3 saturated heterocycles. The highest BCUT2D eigenvalue weighted by Gasteiger charge is 2.31. The molecule has 6 heterocycles. The molecule has 8 rings (SSSR count). The summed E-state index contributed by atoms with van der Waals surface area (Å²) in [6.45, 7) is 20.3. The van der Waals surface area contributed by atoms with Gasteiger partial charge in [-0.1, -0.05) is 50.2 Å². The van der Waals surface area contributed by atoms with Gasteiger partial charge in [0.2, 0.25) is 12.3 Å². The Bertz CT molecular complexity index is 2750. The van der Waals surface area contributed by atoms with Gasteiger partial charge in [0, 0.05) is 83.7 Å². The zero-order valence-electron chi connectivity index (χ0n) is 45.5. The summed E-state index contributed by atoms with van der Waals surface area (Å²) in [5.41, 5.74) is 6.91. The number of phenolic OH excluding ortho intramolecular Hbond substituents is 1. The number of para-hydroxylation sites is 1. The first-order chi connectivity index (χ1) is 36.7. The fourth-order valence-electron chi connectivity index (χ4n) is 9.15. The zero-order chi connectivity index (χ0) is 55.7.